The van der Waals surface area contributed by atoms with Crippen molar-refractivity contribution >= 4 is 5.82 Å². The number of nitrogens with two attached hydrogens (primary N) is 1. The molecule has 2 aliphatic heterocycles. The first-order valence-corrected chi connectivity index (χ1v) is 9.85. The second-order valence-corrected chi connectivity index (χ2v) is 7.41. The lowest BCUT2D eigenvalue weighted by Crippen LogP contribution is -2.17. The van der Waals surface area contributed by atoms with Crippen molar-refractivity contribution in [3.05, 3.63) is 54.1 Å². The highest BCUT2D eigenvalue weighted by molar-refractivity contribution is 5.78. The van der Waals surface area contributed by atoms with Gasteiger partial charge in [0.2, 0.25) is 0 Å². The van der Waals surface area contributed by atoms with Crippen LogP contribution < -0.4 is 15.8 Å². The minimum atomic E-state index is 0.356. The zero-order valence-corrected chi connectivity index (χ0v) is 15.7. The molecule has 2 aromatic heterocycles. The van der Waals surface area contributed by atoms with Gasteiger partial charge in [0.1, 0.15) is 17.9 Å². The molecule has 1 aromatic carbocycles. The highest BCUT2D eigenvalue weighted by Crippen LogP contribution is 2.40. The smallest absolute Gasteiger partial charge is 0.132 e. The topological polar surface area (TPSA) is 86.0 Å². The average molecular weight is 373 g/mol. The number of nitrogens with one attached hydrogen (secondary N) is 1. The van der Waals surface area contributed by atoms with Crippen LogP contribution in [-0.2, 0) is 6.42 Å². The van der Waals surface area contributed by atoms with E-state index in [1.807, 2.05) is 12.3 Å². The van der Waals surface area contributed by atoms with E-state index in [1.165, 1.54) is 23.9 Å². The summed E-state index contributed by atoms with van der Waals surface area (Å²) < 4.78 is 6.08. The van der Waals surface area contributed by atoms with Crippen LogP contribution in [0.2, 0.25) is 0 Å². The molecule has 1 fully saturated rings. The highest BCUT2D eigenvalue weighted by Gasteiger charge is 2.25. The number of hydrogen-bond donors (Lipinski definition) is 2. The van der Waals surface area contributed by atoms with Crippen LogP contribution in [0, 0.1) is 0 Å². The largest absolute Gasteiger partial charge is 0.493 e. The predicted octanol–water partition coefficient (Wildman–Crippen LogP) is 3.54. The van der Waals surface area contributed by atoms with Crippen LogP contribution in [0.5, 0.6) is 5.75 Å². The number of ether oxygens (including phenoxy) is 1. The van der Waals surface area contributed by atoms with E-state index in [4.69, 9.17) is 10.5 Å². The first kappa shape index (κ1) is 17.1. The van der Waals surface area contributed by atoms with Crippen molar-refractivity contribution in [3.63, 3.8) is 0 Å². The fraction of sp³-hybridized carbons (Fsp3) is 0.318. The molecule has 6 nitrogen and oxygen atoms in total. The Morgan fingerprint density at radius 3 is 2.89 bits per heavy atom. The van der Waals surface area contributed by atoms with E-state index in [0.29, 0.717) is 11.9 Å². The van der Waals surface area contributed by atoms with E-state index in [9.17, 15) is 0 Å². The summed E-state index contributed by atoms with van der Waals surface area (Å²) in [5.41, 5.74) is 12.5. The molecule has 0 amide bonds. The lowest BCUT2D eigenvalue weighted by Gasteiger charge is -2.25. The maximum atomic E-state index is 6.14. The third kappa shape index (κ3) is 3.10. The molecule has 0 saturated carbocycles. The van der Waals surface area contributed by atoms with Gasteiger partial charge in [-0.25, -0.2) is 15.0 Å². The van der Waals surface area contributed by atoms with Crippen molar-refractivity contribution < 1.29 is 4.74 Å². The van der Waals surface area contributed by atoms with Gasteiger partial charge in [-0.3, -0.25) is 0 Å². The molecule has 3 aromatic rings. The highest BCUT2D eigenvalue weighted by atomic mass is 16.5. The number of nitrogen functional groups attached to an aromatic ring is 1. The first-order valence-electron chi connectivity index (χ1n) is 9.85. The van der Waals surface area contributed by atoms with Gasteiger partial charge in [0, 0.05) is 35.1 Å². The number of anilines is 1. The molecule has 142 valence electrons. The van der Waals surface area contributed by atoms with Gasteiger partial charge < -0.3 is 15.8 Å². The Hall–Kier alpha value is -2.99. The normalized spacial score (nSPS) is 18.5. The quantitative estimate of drug-likeness (QED) is 0.730. The van der Waals surface area contributed by atoms with Gasteiger partial charge >= 0.3 is 0 Å². The van der Waals surface area contributed by atoms with E-state index in [-0.39, 0.29) is 0 Å². The van der Waals surface area contributed by atoms with Crippen molar-refractivity contribution in [3.8, 4) is 28.1 Å². The van der Waals surface area contributed by atoms with Crippen LogP contribution in [-0.4, -0.2) is 28.1 Å². The van der Waals surface area contributed by atoms with Gasteiger partial charge in [0.05, 0.1) is 12.3 Å². The zero-order valence-electron chi connectivity index (χ0n) is 15.7. The number of benzene rings is 1. The van der Waals surface area contributed by atoms with Gasteiger partial charge in [-0.05, 0) is 67.6 Å². The number of nitrogens with zero attached hydrogens (tertiary/aromatic N) is 3. The SMILES string of the molecule is Nc1ncc(-c2cc3c(c(C4CCCN4)c2)OCCC3)cc1-c1ccncn1. The minimum Gasteiger partial charge on any atom is -0.493 e. The average Bonchev–Trinajstić information content (AvgIpc) is 3.29. The monoisotopic (exact) mass is 373 g/mol. The second kappa shape index (κ2) is 7.20. The van der Waals surface area contributed by atoms with Crippen molar-refractivity contribution in [1.29, 1.82) is 0 Å². The molecular formula is C22H23N5O. The van der Waals surface area contributed by atoms with Gasteiger partial charge in [0.25, 0.3) is 0 Å². The molecule has 6 heteroatoms. The molecule has 1 atom stereocenters. The van der Waals surface area contributed by atoms with Crippen LogP contribution in [0.3, 0.4) is 0 Å². The van der Waals surface area contributed by atoms with E-state index < -0.39 is 0 Å². The molecule has 4 heterocycles. The zero-order chi connectivity index (χ0) is 18.9. The third-order valence-corrected chi connectivity index (χ3v) is 5.58. The maximum Gasteiger partial charge on any atom is 0.132 e. The summed E-state index contributed by atoms with van der Waals surface area (Å²) in [6, 6.07) is 8.77. The summed E-state index contributed by atoms with van der Waals surface area (Å²) in [6.07, 6.45) is 9.54. The lowest BCUT2D eigenvalue weighted by atomic mass is 9.92. The standard InChI is InChI=1S/C22H23N5O/c23-22-18(20-5-7-24-13-27-20)11-16(12-26-22)15-9-14-3-2-8-28-21(14)17(10-15)19-4-1-6-25-19/h5,7,9-13,19,25H,1-4,6,8H2,(H2,23,26). The summed E-state index contributed by atoms with van der Waals surface area (Å²) in [5, 5.41) is 3.62. The summed E-state index contributed by atoms with van der Waals surface area (Å²) in [5.74, 6) is 1.55. The molecular weight excluding hydrogens is 350 g/mol. The molecule has 0 radical (unpaired) electrons. The molecule has 1 saturated heterocycles. The molecule has 2 aliphatic rings. The Labute approximate surface area is 164 Å². The van der Waals surface area contributed by atoms with Gasteiger partial charge in [-0.1, -0.05) is 0 Å². The van der Waals surface area contributed by atoms with E-state index in [0.717, 1.165) is 60.5 Å². The van der Waals surface area contributed by atoms with Crippen LogP contribution in [0.1, 0.15) is 36.4 Å². The number of pyridine rings is 1. The lowest BCUT2D eigenvalue weighted by molar-refractivity contribution is 0.282. The van der Waals surface area contributed by atoms with Gasteiger partial charge in [-0.15, -0.1) is 0 Å². The Balaban J connectivity index is 1.62. The van der Waals surface area contributed by atoms with Crippen molar-refractivity contribution in [1.82, 2.24) is 20.3 Å². The molecule has 0 aliphatic carbocycles. The van der Waals surface area contributed by atoms with E-state index in [2.05, 4.69) is 38.5 Å². The molecule has 5 rings (SSSR count). The molecule has 1 unspecified atom stereocenters. The fourth-order valence-corrected chi connectivity index (χ4v) is 4.18. The molecule has 28 heavy (non-hydrogen) atoms. The molecule has 0 bridgehead atoms. The van der Waals surface area contributed by atoms with Gasteiger partial charge in [-0.2, -0.15) is 0 Å². The first-order chi connectivity index (χ1) is 13.8. The summed E-state index contributed by atoms with van der Waals surface area (Å²) in [4.78, 5) is 12.8. The Kier molecular flexibility index (Phi) is 4.41. The van der Waals surface area contributed by atoms with Crippen LogP contribution in [0.15, 0.2) is 43.0 Å². The number of hydrogen-bond acceptors (Lipinski definition) is 6. The Bertz CT molecular complexity index is 999. The second-order valence-electron chi connectivity index (χ2n) is 7.41. The summed E-state index contributed by atoms with van der Waals surface area (Å²) in [6.45, 7) is 1.86. The minimum absolute atomic E-state index is 0.356. The number of aromatic nitrogens is 3. The summed E-state index contributed by atoms with van der Waals surface area (Å²) >= 11 is 0. The number of rotatable bonds is 3. The molecule has 3 N–H and O–H groups in total. The van der Waals surface area contributed by atoms with Crippen molar-refractivity contribution in [2.45, 2.75) is 31.7 Å². The number of fused-ring (bicyclic) bond motifs is 1. The Morgan fingerprint density at radius 1 is 1.11 bits per heavy atom. The fourth-order valence-electron chi connectivity index (χ4n) is 4.18. The van der Waals surface area contributed by atoms with Crippen LogP contribution in [0.4, 0.5) is 5.82 Å². The maximum absolute atomic E-state index is 6.14. The Morgan fingerprint density at radius 2 is 2.07 bits per heavy atom. The van der Waals surface area contributed by atoms with E-state index >= 15 is 0 Å². The molecule has 0 spiro atoms. The van der Waals surface area contributed by atoms with Crippen LogP contribution in [0.25, 0.3) is 22.4 Å². The van der Waals surface area contributed by atoms with Gasteiger partial charge in [0.15, 0.2) is 0 Å². The summed E-state index contributed by atoms with van der Waals surface area (Å²) in [7, 11) is 0. The predicted molar refractivity (Wildman–Crippen MR) is 109 cm³/mol. The third-order valence-electron chi connectivity index (χ3n) is 5.58. The van der Waals surface area contributed by atoms with E-state index in [1.54, 1.807) is 6.20 Å². The van der Waals surface area contributed by atoms with Crippen molar-refractivity contribution in [2.75, 3.05) is 18.9 Å². The van der Waals surface area contributed by atoms with Crippen LogP contribution >= 0.6 is 0 Å². The number of aryl methyl sites for hydroxylation is 1. The van der Waals surface area contributed by atoms with Crippen molar-refractivity contribution in [2.24, 2.45) is 0 Å².